The second kappa shape index (κ2) is 14.3. The molecule has 1 aliphatic heterocycles. The van der Waals surface area contributed by atoms with Crippen molar-refractivity contribution in [1.82, 2.24) is 14.5 Å². The van der Waals surface area contributed by atoms with Gasteiger partial charge in [-0.3, -0.25) is 14.2 Å². The number of esters is 1. The molecule has 0 amide bonds. The summed E-state index contributed by atoms with van der Waals surface area (Å²) in [5.41, 5.74) is 0.979. The zero-order valence-electron chi connectivity index (χ0n) is 25.8. The Kier molecular flexibility index (Phi) is 10.2. The molecular formula is C34H38N4O8. The number of H-pyrrole nitrogens is 1. The average Bonchev–Trinajstić information content (AvgIpc) is 3.49. The van der Waals surface area contributed by atoms with Crippen LogP contribution in [0, 0.1) is 11.3 Å². The Bertz CT molecular complexity index is 1780. The minimum absolute atomic E-state index is 0.0487. The molecule has 12 heteroatoms. The van der Waals surface area contributed by atoms with Crippen LogP contribution in [0.2, 0.25) is 0 Å². The average molecular weight is 631 g/mol. The van der Waals surface area contributed by atoms with Crippen LogP contribution in [0.1, 0.15) is 56.2 Å². The number of carbonyl (C=O) groups is 1. The quantitative estimate of drug-likeness (QED) is 0.127. The molecule has 1 unspecified atom stereocenters. The largest absolute Gasteiger partial charge is 0.493 e. The van der Waals surface area contributed by atoms with Gasteiger partial charge >= 0.3 is 5.97 Å². The number of nitrogens with zero attached hydrogens (tertiary/aromatic N) is 3. The number of aryl methyl sites for hydroxylation is 1. The molecule has 2 aromatic heterocycles. The van der Waals surface area contributed by atoms with E-state index < -0.39 is 36.2 Å². The number of unbranched alkanes of at least 4 members (excludes halogenated alkanes) is 1. The lowest BCUT2D eigenvalue weighted by Crippen LogP contribution is -2.44. The maximum absolute atomic E-state index is 12.9. The summed E-state index contributed by atoms with van der Waals surface area (Å²) in [6.07, 6.45) is -0.265. The second-order valence-corrected chi connectivity index (χ2v) is 11.4. The van der Waals surface area contributed by atoms with Gasteiger partial charge < -0.3 is 34.5 Å². The first kappa shape index (κ1) is 32.8. The molecule has 3 heterocycles. The van der Waals surface area contributed by atoms with Crippen molar-refractivity contribution in [3.8, 4) is 22.9 Å². The van der Waals surface area contributed by atoms with E-state index in [1.54, 1.807) is 6.92 Å². The van der Waals surface area contributed by atoms with E-state index in [0.29, 0.717) is 50.3 Å². The van der Waals surface area contributed by atoms with Crippen LogP contribution in [0.5, 0.6) is 5.75 Å². The molecule has 0 bridgehead atoms. The lowest BCUT2D eigenvalue weighted by atomic mass is 9.96. The zero-order valence-corrected chi connectivity index (χ0v) is 25.8. The highest BCUT2D eigenvalue weighted by molar-refractivity contribution is 5.84. The van der Waals surface area contributed by atoms with E-state index in [0.717, 1.165) is 16.7 Å². The molecule has 1 fully saturated rings. The van der Waals surface area contributed by atoms with Crippen LogP contribution in [0.25, 0.3) is 22.2 Å². The third-order valence-electron chi connectivity index (χ3n) is 8.29. The number of aromatic nitrogens is 3. The third kappa shape index (κ3) is 6.54. The summed E-state index contributed by atoms with van der Waals surface area (Å²) < 4.78 is 18.6. The highest BCUT2D eigenvalue weighted by Gasteiger charge is 2.54. The number of nitriles is 1. The van der Waals surface area contributed by atoms with Gasteiger partial charge in [0.2, 0.25) is 0 Å². The van der Waals surface area contributed by atoms with Crippen LogP contribution >= 0.6 is 0 Å². The number of aliphatic hydroxyl groups is 3. The Labute approximate surface area is 265 Å². The number of benzene rings is 2. The molecule has 4 atom stereocenters. The third-order valence-corrected chi connectivity index (χ3v) is 8.29. The number of hydrogen-bond donors (Lipinski definition) is 4. The molecule has 2 aromatic carbocycles. The van der Waals surface area contributed by atoms with Crippen LogP contribution in [0.3, 0.4) is 0 Å². The molecule has 0 aliphatic carbocycles. The normalized spacial score (nSPS) is 20.9. The molecule has 1 aliphatic rings. The molecule has 0 radical (unpaired) electrons. The Morgan fingerprint density at radius 1 is 1.20 bits per heavy atom. The molecule has 5 rings (SSSR count). The summed E-state index contributed by atoms with van der Waals surface area (Å²) in [6.45, 7) is 3.36. The second-order valence-electron chi connectivity index (χ2n) is 11.4. The number of carbonyl (C=O) groups excluding carboxylic acids is 1. The van der Waals surface area contributed by atoms with Crippen molar-refractivity contribution < 1.29 is 34.3 Å². The van der Waals surface area contributed by atoms with Crippen molar-refractivity contribution >= 4 is 17.0 Å². The van der Waals surface area contributed by atoms with Gasteiger partial charge in [-0.25, -0.2) is 4.98 Å². The van der Waals surface area contributed by atoms with Crippen molar-refractivity contribution in [2.75, 3.05) is 19.8 Å². The highest BCUT2D eigenvalue weighted by atomic mass is 16.6. The van der Waals surface area contributed by atoms with E-state index in [-0.39, 0.29) is 29.0 Å². The van der Waals surface area contributed by atoms with Crippen LogP contribution < -0.4 is 10.3 Å². The number of ether oxygens (including phenoxy) is 3. The molecule has 0 saturated carbocycles. The Balaban J connectivity index is 1.46. The predicted octanol–water partition coefficient (Wildman–Crippen LogP) is 3.16. The lowest BCUT2D eigenvalue weighted by molar-refractivity contribution is -0.143. The summed E-state index contributed by atoms with van der Waals surface area (Å²) in [7, 11) is 0. The monoisotopic (exact) mass is 630 g/mol. The molecular weight excluding hydrogens is 592 g/mol. The van der Waals surface area contributed by atoms with E-state index in [4.69, 9.17) is 14.2 Å². The van der Waals surface area contributed by atoms with Crippen LogP contribution in [0.4, 0.5) is 0 Å². The fraction of sp³-hybridized carbons (Fsp3) is 0.412. The van der Waals surface area contributed by atoms with E-state index in [2.05, 4.69) is 16.0 Å². The minimum atomic E-state index is -1.86. The number of nitrogens with one attached hydrogen (secondary N) is 1. The number of aliphatic hydroxyl groups excluding tert-OH is 2. The molecule has 46 heavy (non-hydrogen) atoms. The first-order chi connectivity index (χ1) is 22.2. The van der Waals surface area contributed by atoms with Crippen molar-refractivity contribution in [2.24, 2.45) is 0 Å². The minimum Gasteiger partial charge on any atom is -0.493 e. The Hall–Kier alpha value is -4.54. The van der Waals surface area contributed by atoms with Gasteiger partial charge in [-0.2, -0.15) is 5.26 Å². The maximum Gasteiger partial charge on any atom is 0.305 e. The van der Waals surface area contributed by atoms with E-state index in [1.165, 1.54) is 17.8 Å². The first-order valence-electron chi connectivity index (χ1n) is 15.3. The number of fused-ring (bicyclic) bond motifs is 1. The van der Waals surface area contributed by atoms with Gasteiger partial charge in [0.1, 0.15) is 35.0 Å². The first-order valence-corrected chi connectivity index (χ1v) is 15.3. The van der Waals surface area contributed by atoms with Gasteiger partial charge in [-0.15, -0.1) is 0 Å². The number of rotatable bonds is 13. The predicted molar refractivity (Wildman–Crippen MR) is 168 cm³/mol. The fourth-order valence-electron chi connectivity index (χ4n) is 5.92. The Morgan fingerprint density at radius 3 is 2.67 bits per heavy atom. The molecule has 0 spiro atoms. The van der Waals surface area contributed by atoms with E-state index >= 15 is 0 Å². The summed E-state index contributed by atoms with van der Waals surface area (Å²) in [5.74, 6) is 0.432. The molecule has 12 nitrogen and oxygen atoms in total. The fourth-order valence-corrected chi connectivity index (χ4v) is 5.92. The van der Waals surface area contributed by atoms with Crippen LogP contribution in [-0.4, -0.2) is 73.5 Å². The Morgan fingerprint density at radius 2 is 1.98 bits per heavy atom. The van der Waals surface area contributed by atoms with Crippen molar-refractivity contribution in [3.63, 3.8) is 0 Å². The molecule has 1 saturated heterocycles. The standard InChI is InChI=1S/C34H38N4O8/c1-3-44-28(40)11-7-8-16-45-26-17-21(12-14-23(26)22-9-5-4-6-10-22)13-15-25-24(18-35)29-31(36-20-37-32(29)42)38(25)33-34(2,43)30(41)27(19-39)46-33/h4-6,9-10,12,14,17,20,27,30,33,39,41,43H,3,7-8,11,13,15-16,19H2,1-2H3,(H,36,37,42)/t27-,30-,33?,34-/m1/s1. The topological polar surface area (TPSA) is 180 Å². The number of hydrogen-bond acceptors (Lipinski definition) is 10. The maximum atomic E-state index is 12.9. The lowest BCUT2D eigenvalue weighted by Gasteiger charge is -2.29. The summed E-state index contributed by atoms with van der Waals surface area (Å²) >= 11 is 0. The van der Waals surface area contributed by atoms with Gasteiger partial charge in [0.05, 0.1) is 31.7 Å². The molecule has 242 valence electrons. The summed E-state index contributed by atoms with van der Waals surface area (Å²) in [5, 5.41) is 42.0. The van der Waals surface area contributed by atoms with Gasteiger partial charge in [-0.1, -0.05) is 42.5 Å². The molecule has 4 aromatic rings. The van der Waals surface area contributed by atoms with Gasteiger partial charge in [0, 0.05) is 17.7 Å². The van der Waals surface area contributed by atoms with Crippen molar-refractivity contribution in [2.45, 2.75) is 70.0 Å². The van der Waals surface area contributed by atoms with Gasteiger partial charge in [0.15, 0.2) is 11.9 Å². The van der Waals surface area contributed by atoms with Crippen molar-refractivity contribution in [3.05, 3.63) is 82.0 Å². The van der Waals surface area contributed by atoms with Gasteiger partial charge in [-0.05, 0) is 56.7 Å². The van der Waals surface area contributed by atoms with Crippen LogP contribution in [-0.2, 0) is 27.1 Å². The summed E-state index contributed by atoms with van der Waals surface area (Å²) in [6, 6.07) is 17.8. The molecule has 4 N–H and O–H groups in total. The van der Waals surface area contributed by atoms with Crippen LogP contribution in [0.15, 0.2) is 59.7 Å². The number of aromatic amines is 1. The van der Waals surface area contributed by atoms with E-state index in [1.807, 2.05) is 48.5 Å². The van der Waals surface area contributed by atoms with E-state index in [9.17, 15) is 30.2 Å². The van der Waals surface area contributed by atoms with Crippen molar-refractivity contribution in [1.29, 1.82) is 5.26 Å². The summed E-state index contributed by atoms with van der Waals surface area (Å²) in [4.78, 5) is 31.4. The zero-order chi connectivity index (χ0) is 32.8. The smallest absolute Gasteiger partial charge is 0.305 e. The van der Waals surface area contributed by atoms with Gasteiger partial charge in [0.25, 0.3) is 5.56 Å². The highest BCUT2D eigenvalue weighted by Crippen LogP contribution is 2.42. The SMILES string of the molecule is CCOC(=O)CCCCOc1cc(CCc2c(C#N)c3c(=O)[nH]cnc3n2C2O[C@H](CO)[C@@H](O)[C@@]2(C)O)ccc1-c1ccccc1.